The zero-order valence-corrected chi connectivity index (χ0v) is 16.3. The molecule has 1 aliphatic heterocycles. The second-order valence-electron chi connectivity index (χ2n) is 6.65. The molecule has 3 aromatic heterocycles. The largest absolute Gasteiger partial charge is 0.338 e. The zero-order chi connectivity index (χ0) is 18.3. The Morgan fingerprint density at radius 1 is 1.23 bits per heavy atom. The molecule has 0 saturated carbocycles. The summed E-state index contributed by atoms with van der Waals surface area (Å²) in [6.45, 7) is 5.33. The van der Waals surface area contributed by atoms with Gasteiger partial charge in [0.2, 0.25) is 0 Å². The average Bonchev–Trinajstić information content (AvgIpc) is 2.99. The molecule has 0 N–H and O–H groups in total. The molecule has 26 heavy (non-hydrogen) atoms. The van der Waals surface area contributed by atoms with Crippen molar-refractivity contribution in [3.8, 4) is 0 Å². The minimum absolute atomic E-state index is 0.106. The van der Waals surface area contributed by atoms with Gasteiger partial charge < -0.3 is 4.90 Å². The quantitative estimate of drug-likeness (QED) is 0.655. The number of aryl methyl sites for hydroxylation is 2. The molecule has 4 rings (SSSR count). The number of likely N-dealkylation sites (tertiary alicyclic amines) is 1. The Labute approximate surface area is 161 Å². The van der Waals surface area contributed by atoms with Crippen LogP contribution in [0.15, 0.2) is 24.4 Å². The van der Waals surface area contributed by atoms with E-state index in [0.29, 0.717) is 10.9 Å². The fourth-order valence-electron chi connectivity index (χ4n) is 3.48. The van der Waals surface area contributed by atoms with Gasteiger partial charge in [-0.2, -0.15) is 0 Å². The van der Waals surface area contributed by atoms with Gasteiger partial charge in [-0.25, -0.2) is 15.0 Å². The highest BCUT2D eigenvalue weighted by atomic mass is 35.5. The standard InChI is InChI=1S/C19H19ClN4OS/c1-11-17(26-12(2)22-11)19(25)24-7-5-13(6-8-24)16-4-3-14-9-15(20)10-21-18(14)23-16/h3-4,9-10,13H,5-8H2,1-2H3. The maximum atomic E-state index is 12.7. The number of aromatic nitrogens is 3. The summed E-state index contributed by atoms with van der Waals surface area (Å²) >= 11 is 7.47. The van der Waals surface area contributed by atoms with E-state index in [1.165, 1.54) is 11.3 Å². The van der Waals surface area contributed by atoms with Crippen molar-refractivity contribution in [3.63, 3.8) is 0 Å². The van der Waals surface area contributed by atoms with E-state index in [0.717, 1.165) is 58.2 Å². The van der Waals surface area contributed by atoms with Gasteiger partial charge in [0.1, 0.15) is 4.88 Å². The maximum Gasteiger partial charge on any atom is 0.265 e. The van der Waals surface area contributed by atoms with Crippen LogP contribution in [-0.4, -0.2) is 38.8 Å². The fourth-order valence-corrected chi connectivity index (χ4v) is 4.53. The van der Waals surface area contributed by atoms with Gasteiger partial charge in [-0.1, -0.05) is 11.6 Å². The lowest BCUT2D eigenvalue weighted by atomic mass is 9.92. The molecule has 1 saturated heterocycles. The Balaban J connectivity index is 1.47. The van der Waals surface area contributed by atoms with Crippen LogP contribution in [0, 0.1) is 13.8 Å². The van der Waals surface area contributed by atoms with Gasteiger partial charge in [-0.3, -0.25) is 4.79 Å². The maximum absolute atomic E-state index is 12.7. The summed E-state index contributed by atoms with van der Waals surface area (Å²) in [6.07, 6.45) is 3.45. The first kappa shape index (κ1) is 17.4. The summed E-state index contributed by atoms with van der Waals surface area (Å²) in [5.41, 5.74) is 2.60. The number of rotatable bonds is 2. The molecule has 0 atom stereocenters. The zero-order valence-electron chi connectivity index (χ0n) is 14.7. The molecule has 0 unspecified atom stereocenters. The number of piperidine rings is 1. The monoisotopic (exact) mass is 386 g/mol. The second kappa shape index (κ2) is 6.93. The van der Waals surface area contributed by atoms with E-state index in [1.54, 1.807) is 6.20 Å². The number of thiazole rings is 1. The van der Waals surface area contributed by atoms with Gasteiger partial charge in [0.05, 0.1) is 15.7 Å². The lowest BCUT2D eigenvalue weighted by molar-refractivity contribution is 0.0716. The van der Waals surface area contributed by atoms with E-state index in [4.69, 9.17) is 16.6 Å². The Morgan fingerprint density at radius 3 is 2.69 bits per heavy atom. The van der Waals surface area contributed by atoms with Crippen LogP contribution in [0.4, 0.5) is 0 Å². The van der Waals surface area contributed by atoms with E-state index in [-0.39, 0.29) is 5.91 Å². The van der Waals surface area contributed by atoms with Crippen molar-refractivity contribution in [1.82, 2.24) is 19.9 Å². The smallest absolute Gasteiger partial charge is 0.265 e. The summed E-state index contributed by atoms with van der Waals surface area (Å²) < 4.78 is 0. The molecular formula is C19H19ClN4OS. The van der Waals surface area contributed by atoms with Crippen LogP contribution in [0.1, 0.15) is 44.8 Å². The molecular weight excluding hydrogens is 368 g/mol. The van der Waals surface area contributed by atoms with Gasteiger partial charge in [-0.05, 0) is 44.9 Å². The molecule has 7 heteroatoms. The van der Waals surface area contributed by atoms with Crippen molar-refractivity contribution < 1.29 is 4.79 Å². The molecule has 3 aromatic rings. The van der Waals surface area contributed by atoms with Gasteiger partial charge >= 0.3 is 0 Å². The lowest BCUT2D eigenvalue weighted by Crippen LogP contribution is -2.38. The van der Waals surface area contributed by atoms with Crippen molar-refractivity contribution >= 4 is 39.9 Å². The highest BCUT2D eigenvalue weighted by Crippen LogP contribution is 2.30. The van der Waals surface area contributed by atoms with Crippen molar-refractivity contribution in [3.05, 3.63) is 50.7 Å². The van der Waals surface area contributed by atoms with Gasteiger partial charge in [0.15, 0.2) is 5.65 Å². The number of hydrogen-bond donors (Lipinski definition) is 0. The van der Waals surface area contributed by atoms with Gasteiger partial charge in [0.25, 0.3) is 5.91 Å². The van der Waals surface area contributed by atoms with Crippen LogP contribution in [0.25, 0.3) is 11.0 Å². The number of carbonyl (C=O) groups is 1. The van der Waals surface area contributed by atoms with Crippen LogP contribution >= 0.6 is 22.9 Å². The normalized spacial score (nSPS) is 15.6. The van der Waals surface area contributed by atoms with Crippen LogP contribution in [0.5, 0.6) is 0 Å². The van der Waals surface area contributed by atoms with Crippen LogP contribution in [0.3, 0.4) is 0 Å². The first-order chi connectivity index (χ1) is 12.5. The van der Waals surface area contributed by atoms with Crippen LogP contribution < -0.4 is 0 Å². The van der Waals surface area contributed by atoms with E-state index >= 15 is 0 Å². The third-order valence-corrected chi connectivity index (χ3v) is 6.10. The number of hydrogen-bond acceptors (Lipinski definition) is 5. The summed E-state index contributed by atoms with van der Waals surface area (Å²) in [6, 6.07) is 5.96. The highest BCUT2D eigenvalue weighted by Gasteiger charge is 2.27. The first-order valence-electron chi connectivity index (χ1n) is 8.67. The molecule has 0 aromatic carbocycles. The molecule has 0 aliphatic carbocycles. The molecule has 5 nitrogen and oxygen atoms in total. The molecule has 1 fully saturated rings. The number of nitrogens with zero attached hydrogens (tertiary/aromatic N) is 4. The predicted molar refractivity (Wildman–Crippen MR) is 104 cm³/mol. The van der Waals surface area contributed by atoms with E-state index in [9.17, 15) is 4.79 Å². The summed E-state index contributed by atoms with van der Waals surface area (Å²) in [7, 11) is 0. The summed E-state index contributed by atoms with van der Waals surface area (Å²) in [5, 5.41) is 2.51. The Bertz CT molecular complexity index is 979. The van der Waals surface area contributed by atoms with Crippen LogP contribution in [0.2, 0.25) is 5.02 Å². The molecule has 0 spiro atoms. The SMILES string of the molecule is Cc1nc(C)c(C(=O)N2CCC(c3ccc4cc(Cl)cnc4n3)CC2)s1. The minimum atomic E-state index is 0.106. The number of halogens is 1. The van der Waals surface area contributed by atoms with Crippen molar-refractivity contribution in [2.45, 2.75) is 32.6 Å². The Kier molecular flexibility index (Phi) is 4.63. The van der Waals surface area contributed by atoms with Crippen molar-refractivity contribution in [2.24, 2.45) is 0 Å². The average molecular weight is 387 g/mol. The van der Waals surface area contributed by atoms with Gasteiger partial charge in [0, 0.05) is 36.3 Å². The topological polar surface area (TPSA) is 59.0 Å². The highest BCUT2D eigenvalue weighted by molar-refractivity contribution is 7.13. The predicted octanol–water partition coefficient (Wildman–Crippen LogP) is 4.38. The Morgan fingerprint density at radius 2 is 2.00 bits per heavy atom. The summed E-state index contributed by atoms with van der Waals surface area (Å²) in [4.78, 5) is 28.8. The third-order valence-electron chi connectivity index (χ3n) is 4.83. The van der Waals surface area contributed by atoms with Crippen molar-refractivity contribution in [2.75, 3.05) is 13.1 Å². The van der Waals surface area contributed by atoms with E-state index in [1.807, 2.05) is 30.9 Å². The summed E-state index contributed by atoms with van der Waals surface area (Å²) in [5.74, 6) is 0.458. The Hall–Kier alpha value is -2.05. The molecule has 0 radical (unpaired) electrons. The third kappa shape index (κ3) is 3.31. The molecule has 1 aliphatic rings. The van der Waals surface area contributed by atoms with E-state index < -0.39 is 0 Å². The fraction of sp³-hybridized carbons (Fsp3) is 0.368. The number of carbonyl (C=O) groups excluding carboxylic acids is 1. The molecule has 1 amide bonds. The molecule has 0 bridgehead atoms. The first-order valence-corrected chi connectivity index (χ1v) is 9.86. The van der Waals surface area contributed by atoms with Crippen molar-refractivity contribution in [1.29, 1.82) is 0 Å². The van der Waals surface area contributed by atoms with Gasteiger partial charge in [-0.15, -0.1) is 11.3 Å². The lowest BCUT2D eigenvalue weighted by Gasteiger charge is -2.31. The van der Waals surface area contributed by atoms with E-state index in [2.05, 4.69) is 16.0 Å². The number of amides is 1. The number of fused-ring (bicyclic) bond motifs is 1. The number of pyridine rings is 2. The van der Waals surface area contributed by atoms with Crippen LogP contribution in [-0.2, 0) is 0 Å². The molecule has 4 heterocycles. The minimum Gasteiger partial charge on any atom is -0.338 e. The second-order valence-corrected chi connectivity index (χ2v) is 8.29. The molecule has 134 valence electrons.